The molecule has 0 fully saturated rings. The fraction of sp³-hybridized carbons (Fsp3) is 0.200. The van der Waals surface area contributed by atoms with Crippen molar-refractivity contribution in [2.24, 2.45) is 0 Å². The van der Waals surface area contributed by atoms with Crippen molar-refractivity contribution in [1.82, 2.24) is 0 Å². The molecule has 0 N–H and O–H groups in total. The number of rotatable bonds is 3. The number of nitrogens with zero attached hydrogens (tertiary/aromatic N) is 3. The van der Waals surface area contributed by atoms with Gasteiger partial charge < -0.3 is 4.90 Å². The van der Waals surface area contributed by atoms with Gasteiger partial charge in [-0.25, -0.2) is 4.39 Å². The SMILES string of the molecule is N#CCN(CC#N)c1cc(Br)ccc1F. The maximum atomic E-state index is 13.4. The van der Waals surface area contributed by atoms with E-state index in [4.69, 9.17) is 10.5 Å². The van der Waals surface area contributed by atoms with Crippen LogP contribution >= 0.6 is 15.9 Å². The Morgan fingerprint density at radius 2 is 1.87 bits per heavy atom. The zero-order valence-corrected chi connectivity index (χ0v) is 9.33. The van der Waals surface area contributed by atoms with E-state index in [1.54, 1.807) is 12.1 Å². The summed E-state index contributed by atoms with van der Waals surface area (Å²) in [5.74, 6) is -0.441. The molecule has 0 unspecified atom stereocenters. The van der Waals surface area contributed by atoms with E-state index >= 15 is 0 Å². The van der Waals surface area contributed by atoms with Crippen molar-refractivity contribution in [3.63, 3.8) is 0 Å². The predicted molar refractivity (Wildman–Crippen MR) is 57.5 cm³/mol. The smallest absolute Gasteiger partial charge is 0.146 e. The zero-order chi connectivity index (χ0) is 11.3. The lowest BCUT2D eigenvalue weighted by Crippen LogP contribution is -2.24. The molecule has 76 valence electrons. The van der Waals surface area contributed by atoms with Gasteiger partial charge in [-0.3, -0.25) is 0 Å². The van der Waals surface area contributed by atoms with Crippen LogP contribution in [0.2, 0.25) is 0 Å². The first kappa shape index (κ1) is 11.5. The summed E-state index contributed by atoms with van der Waals surface area (Å²) in [6.07, 6.45) is 0. The van der Waals surface area contributed by atoms with Crippen molar-refractivity contribution in [1.29, 1.82) is 10.5 Å². The van der Waals surface area contributed by atoms with E-state index in [0.717, 1.165) is 0 Å². The molecule has 0 aliphatic heterocycles. The highest BCUT2D eigenvalue weighted by atomic mass is 79.9. The Balaban J connectivity index is 3.06. The van der Waals surface area contributed by atoms with Gasteiger partial charge >= 0.3 is 0 Å². The summed E-state index contributed by atoms with van der Waals surface area (Å²) < 4.78 is 14.1. The number of nitriles is 2. The average Bonchev–Trinajstić information content (AvgIpc) is 2.21. The molecule has 1 aromatic carbocycles. The molecule has 0 heterocycles. The van der Waals surface area contributed by atoms with Gasteiger partial charge in [0.05, 0.1) is 17.8 Å². The number of hydrogen-bond acceptors (Lipinski definition) is 3. The molecule has 0 bridgehead atoms. The first-order chi connectivity index (χ1) is 7.19. The number of halogens is 2. The molecule has 0 saturated heterocycles. The van der Waals surface area contributed by atoms with Gasteiger partial charge in [0, 0.05) is 4.47 Å². The van der Waals surface area contributed by atoms with E-state index in [2.05, 4.69) is 15.9 Å². The van der Waals surface area contributed by atoms with Gasteiger partial charge in [0.1, 0.15) is 18.9 Å². The highest BCUT2D eigenvalue weighted by molar-refractivity contribution is 9.10. The van der Waals surface area contributed by atoms with Crippen molar-refractivity contribution in [2.75, 3.05) is 18.0 Å². The fourth-order valence-electron chi connectivity index (χ4n) is 1.13. The summed E-state index contributed by atoms with van der Waals surface area (Å²) in [6, 6.07) is 8.18. The molecule has 5 heteroatoms. The molecular weight excluding hydrogens is 261 g/mol. The van der Waals surface area contributed by atoms with Crippen LogP contribution in [0.1, 0.15) is 0 Å². The first-order valence-corrected chi connectivity index (χ1v) is 4.92. The second kappa shape index (κ2) is 5.33. The van der Waals surface area contributed by atoms with Crippen LogP contribution in [0, 0.1) is 28.5 Å². The Kier molecular flexibility index (Phi) is 4.08. The summed E-state index contributed by atoms with van der Waals surface area (Å²) in [7, 11) is 0. The molecule has 0 radical (unpaired) electrons. The van der Waals surface area contributed by atoms with E-state index < -0.39 is 5.82 Å². The topological polar surface area (TPSA) is 50.8 Å². The highest BCUT2D eigenvalue weighted by Gasteiger charge is 2.11. The maximum absolute atomic E-state index is 13.4. The number of hydrogen-bond donors (Lipinski definition) is 0. The van der Waals surface area contributed by atoms with Gasteiger partial charge in [-0.1, -0.05) is 15.9 Å². The minimum Gasteiger partial charge on any atom is -0.342 e. The first-order valence-electron chi connectivity index (χ1n) is 4.13. The third kappa shape index (κ3) is 2.93. The van der Waals surface area contributed by atoms with E-state index in [9.17, 15) is 4.39 Å². The van der Waals surface area contributed by atoms with Crippen molar-refractivity contribution >= 4 is 21.6 Å². The van der Waals surface area contributed by atoms with Crippen LogP contribution in [0.15, 0.2) is 22.7 Å². The summed E-state index contributed by atoms with van der Waals surface area (Å²) >= 11 is 3.21. The predicted octanol–water partition coefficient (Wildman–Crippen LogP) is 2.44. The van der Waals surface area contributed by atoms with Gasteiger partial charge in [0.25, 0.3) is 0 Å². The average molecular weight is 268 g/mol. The standard InChI is InChI=1S/C10H7BrFN3/c11-8-1-2-9(12)10(7-8)15(5-3-13)6-4-14/h1-2,7H,5-6H2. The van der Waals surface area contributed by atoms with Crippen LogP contribution in [0.25, 0.3) is 0 Å². The molecule has 0 saturated carbocycles. The Hall–Kier alpha value is -1.59. The summed E-state index contributed by atoms with van der Waals surface area (Å²) in [4.78, 5) is 1.38. The fourth-order valence-corrected chi connectivity index (χ4v) is 1.47. The van der Waals surface area contributed by atoms with Gasteiger partial charge in [-0.05, 0) is 18.2 Å². The summed E-state index contributed by atoms with van der Waals surface area (Å²) in [5, 5.41) is 17.1. The van der Waals surface area contributed by atoms with Crippen LogP contribution in [-0.2, 0) is 0 Å². The highest BCUT2D eigenvalue weighted by Crippen LogP contribution is 2.23. The second-order valence-electron chi connectivity index (χ2n) is 2.77. The molecule has 0 aliphatic rings. The lowest BCUT2D eigenvalue weighted by atomic mass is 10.2. The van der Waals surface area contributed by atoms with Crippen LogP contribution in [0.4, 0.5) is 10.1 Å². The number of anilines is 1. The second-order valence-corrected chi connectivity index (χ2v) is 3.68. The molecule has 0 spiro atoms. The van der Waals surface area contributed by atoms with Crippen molar-refractivity contribution < 1.29 is 4.39 Å². The molecule has 0 aromatic heterocycles. The van der Waals surface area contributed by atoms with Crippen LogP contribution in [0.5, 0.6) is 0 Å². The van der Waals surface area contributed by atoms with Gasteiger partial charge in [-0.15, -0.1) is 0 Å². The van der Waals surface area contributed by atoms with Crippen LogP contribution in [-0.4, -0.2) is 13.1 Å². The van der Waals surface area contributed by atoms with Crippen LogP contribution in [0.3, 0.4) is 0 Å². The van der Waals surface area contributed by atoms with Gasteiger partial charge in [0.15, 0.2) is 0 Å². The van der Waals surface area contributed by atoms with Crippen molar-refractivity contribution in [3.8, 4) is 12.1 Å². The normalized spacial score (nSPS) is 9.07. The molecule has 0 aliphatic carbocycles. The Morgan fingerprint density at radius 3 is 2.40 bits per heavy atom. The van der Waals surface area contributed by atoms with Crippen molar-refractivity contribution in [3.05, 3.63) is 28.5 Å². The molecular formula is C10H7BrFN3. The molecule has 15 heavy (non-hydrogen) atoms. The Labute approximate surface area is 95.5 Å². The van der Waals surface area contributed by atoms with Crippen LogP contribution < -0.4 is 4.90 Å². The third-order valence-electron chi connectivity index (χ3n) is 1.77. The van der Waals surface area contributed by atoms with E-state index in [1.807, 2.05) is 12.1 Å². The molecule has 3 nitrogen and oxygen atoms in total. The minimum absolute atomic E-state index is 0.0130. The number of benzene rings is 1. The molecule has 1 rings (SSSR count). The summed E-state index contributed by atoms with van der Waals surface area (Å²) in [6.45, 7) is -0.0259. The maximum Gasteiger partial charge on any atom is 0.146 e. The van der Waals surface area contributed by atoms with E-state index in [0.29, 0.717) is 4.47 Å². The largest absolute Gasteiger partial charge is 0.342 e. The van der Waals surface area contributed by atoms with E-state index in [-0.39, 0.29) is 18.8 Å². The third-order valence-corrected chi connectivity index (χ3v) is 2.27. The Morgan fingerprint density at radius 1 is 1.27 bits per heavy atom. The van der Waals surface area contributed by atoms with Gasteiger partial charge in [-0.2, -0.15) is 10.5 Å². The molecule has 0 atom stereocenters. The Bertz CT molecular complexity index is 417. The lowest BCUT2D eigenvalue weighted by molar-refractivity contribution is 0.623. The molecule has 0 amide bonds. The quantitative estimate of drug-likeness (QED) is 0.791. The summed E-state index contributed by atoms with van der Waals surface area (Å²) in [5.41, 5.74) is 0.257. The van der Waals surface area contributed by atoms with Crippen molar-refractivity contribution in [2.45, 2.75) is 0 Å². The zero-order valence-electron chi connectivity index (χ0n) is 7.74. The lowest BCUT2D eigenvalue weighted by Gasteiger charge is -2.18. The molecule has 1 aromatic rings. The van der Waals surface area contributed by atoms with Gasteiger partial charge in [0.2, 0.25) is 0 Å². The monoisotopic (exact) mass is 267 g/mol. The minimum atomic E-state index is -0.441. The van der Waals surface area contributed by atoms with E-state index in [1.165, 1.54) is 11.0 Å².